The molecule has 0 fully saturated rings. The molecule has 0 aliphatic heterocycles. The van der Waals surface area contributed by atoms with Crippen molar-refractivity contribution in [3.63, 3.8) is 0 Å². The second-order valence-corrected chi connectivity index (χ2v) is 11.7. The monoisotopic (exact) mass is 590 g/mol. The van der Waals surface area contributed by atoms with Gasteiger partial charge in [-0.15, -0.1) is 0 Å². The molecule has 4 aromatic rings. The van der Waals surface area contributed by atoms with E-state index in [1.807, 2.05) is 44.3 Å². The van der Waals surface area contributed by atoms with E-state index in [-0.39, 0.29) is 19.8 Å². The van der Waals surface area contributed by atoms with Gasteiger partial charge in [0.05, 0.1) is 38.4 Å². The first kappa shape index (κ1) is 30.9. The number of nitrogens with zero attached hydrogens (tertiary/aromatic N) is 2. The van der Waals surface area contributed by atoms with E-state index in [1.54, 1.807) is 0 Å². The zero-order valence-electron chi connectivity index (χ0n) is 23.0. The van der Waals surface area contributed by atoms with Crippen LogP contribution in [0.1, 0.15) is 28.7 Å². The number of aromatic nitrogens is 2. The molecule has 220 valence electrons. The number of hydrogen-bond donors (Lipinski definition) is 4. The Balaban J connectivity index is 1.21. The van der Waals surface area contributed by atoms with Crippen molar-refractivity contribution in [2.24, 2.45) is 0 Å². The van der Waals surface area contributed by atoms with Crippen LogP contribution in [0, 0.1) is 13.8 Å². The molecule has 12 heteroatoms. The van der Waals surface area contributed by atoms with Gasteiger partial charge >= 0.3 is 13.6 Å². The largest absolute Gasteiger partial charge is 0.491 e. The van der Waals surface area contributed by atoms with Gasteiger partial charge in [-0.3, -0.25) is 4.98 Å². The van der Waals surface area contributed by atoms with E-state index in [0.717, 1.165) is 45.8 Å². The second kappa shape index (κ2) is 13.3. The van der Waals surface area contributed by atoms with E-state index in [4.69, 9.17) is 34.6 Å². The van der Waals surface area contributed by atoms with E-state index < -0.39 is 26.6 Å². The molecule has 2 aromatic carbocycles. The third-order valence-corrected chi connectivity index (χ3v) is 7.82. The Morgan fingerprint density at radius 2 is 1.61 bits per heavy atom. The highest BCUT2D eigenvalue weighted by molar-refractivity contribution is 7.59. The number of pyridine rings is 2. The molecule has 0 saturated carbocycles. The number of benzene rings is 2. The van der Waals surface area contributed by atoms with Gasteiger partial charge in [0.15, 0.2) is 5.82 Å². The predicted molar refractivity (Wildman–Crippen MR) is 155 cm³/mol. The molecule has 2 heterocycles. The Hall–Kier alpha value is -3.05. The summed E-state index contributed by atoms with van der Waals surface area (Å²) in [5.41, 5.74) is 8.33. The number of hydrogen-bond acceptors (Lipinski definition) is 9. The number of ether oxygens (including phenoxy) is 3. The van der Waals surface area contributed by atoms with Gasteiger partial charge in [0.25, 0.3) is 0 Å². The standard InChI is InChI=1S/C29H35F2N3O6P/c1-19-3-8-24-25-17-21(18-33-27(25)28(32)34-26(24)15-19)4-5-22-6-7-23(16-20(22)2)40-14-13-39-12-11-38-10-9-29(30,31)41(35,36)37/h3,6-8,15-18,35-37H,4-5,9-14H2,1-2H3,(H2,32,34)/q+1. The molecule has 0 aliphatic rings. The zero-order valence-corrected chi connectivity index (χ0v) is 23.9. The Labute approximate surface area is 237 Å². The summed E-state index contributed by atoms with van der Waals surface area (Å²) in [6.07, 6.45) is 2.52. The van der Waals surface area contributed by atoms with Crippen LogP contribution in [0.4, 0.5) is 14.6 Å². The third kappa shape index (κ3) is 8.03. The van der Waals surface area contributed by atoms with Crippen molar-refractivity contribution in [3.05, 3.63) is 70.9 Å². The number of fused-ring (bicyclic) bond motifs is 3. The summed E-state index contributed by atoms with van der Waals surface area (Å²) in [5, 5.41) is 2.04. The van der Waals surface area contributed by atoms with Crippen LogP contribution in [-0.2, 0) is 22.3 Å². The molecular weight excluding hydrogens is 555 g/mol. The number of rotatable bonds is 14. The molecule has 0 saturated heterocycles. The summed E-state index contributed by atoms with van der Waals surface area (Å²) in [5.74, 6) is 1.15. The lowest BCUT2D eigenvalue weighted by atomic mass is 9.99. The van der Waals surface area contributed by atoms with Gasteiger partial charge in [0, 0.05) is 17.0 Å². The van der Waals surface area contributed by atoms with Gasteiger partial charge in [-0.25, -0.2) is 4.98 Å². The van der Waals surface area contributed by atoms with E-state index >= 15 is 0 Å². The normalized spacial score (nSPS) is 12.4. The maximum absolute atomic E-state index is 13.2. The highest BCUT2D eigenvalue weighted by Crippen LogP contribution is 2.61. The molecule has 0 spiro atoms. The SMILES string of the molecule is Cc1ccc2c(c1)nc(N)c1ncc(CCc3ccc(OCCOCCOCCC(F)(F)[P+](O)(O)O)cc3C)cc12. The Kier molecular flexibility index (Phi) is 10.0. The van der Waals surface area contributed by atoms with Gasteiger partial charge < -0.3 is 19.9 Å². The van der Waals surface area contributed by atoms with Crippen molar-refractivity contribution in [2.75, 3.05) is 38.8 Å². The molecule has 0 atom stereocenters. The fraction of sp³-hybridized carbons (Fsp3) is 0.379. The summed E-state index contributed by atoms with van der Waals surface area (Å²) in [6, 6.07) is 14.2. The van der Waals surface area contributed by atoms with E-state index in [0.29, 0.717) is 23.7 Å². The molecule has 41 heavy (non-hydrogen) atoms. The first-order valence-corrected chi connectivity index (χ1v) is 14.9. The zero-order chi connectivity index (χ0) is 29.6. The van der Waals surface area contributed by atoms with Gasteiger partial charge in [0.1, 0.15) is 17.9 Å². The molecule has 5 N–H and O–H groups in total. The molecule has 0 bridgehead atoms. The molecular formula is C29H35F2N3O6P+. The molecule has 0 amide bonds. The van der Waals surface area contributed by atoms with Crippen LogP contribution >= 0.6 is 7.94 Å². The van der Waals surface area contributed by atoms with Gasteiger partial charge in [-0.1, -0.05) is 18.2 Å². The highest BCUT2D eigenvalue weighted by Gasteiger charge is 2.61. The maximum Gasteiger partial charge on any atom is 0.479 e. The summed E-state index contributed by atoms with van der Waals surface area (Å²) in [4.78, 5) is 35.2. The topological polar surface area (TPSA) is 140 Å². The van der Waals surface area contributed by atoms with Crippen LogP contribution < -0.4 is 10.5 Å². The summed E-state index contributed by atoms with van der Waals surface area (Å²) >= 11 is 0. The lowest BCUT2D eigenvalue weighted by Gasteiger charge is -2.15. The van der Waals surface area contributed by atoms with Crippen LogP contribution in [0.2, 0.25) is 0 Å². The number of halogens is 2. The van der Waals surface area contributed by atoms with Crippen molar-refractivity contribution in [2.45, 2.75) is 38.8 Å². The van der Waals surface area contributed by atoms with Gasteiger partial charge in [-0.2, -0.15) is 23.5 Å². The maximum atomic E-state index is 13.2. The van der Waals surface area contributed by atoms with Crippen LogP contribution in [0.25, 0.3) is 21.8 Å². The Bertz CT molecular complexity index is 1500. The summed E-state index contributed by atoms with van der Waals surface area (Å²) in [7, 11) is -5.23. The summed E-state index contributed by atoms with van der Waals surface area (Å²) < 4.78 is 42.6. The lowest BCUT2D eigenvalue weighted by Crippen LogP contribution is -2.23. The average molecular weight is 591 g/mol. The molecule has 9 nitrogen and oxygen atoms in total. The third-order valence-electron chi connectivity index (χ3n) is 6.72. The number of aryl methyl sites for hydroxylation is 4. The van der Waals surface area contributed by atoms with Crippen LogP contribution in [-0.4, -0.2) is 63.3 Å². The highest BCUT2D eigenvalue weighted by atomic mass is 31.2. The minimum atomic E-state index is -5.23. The van der Waals surface area contributed by atoms with Crippen LogP contribution in [0.15, 0.2) is 48.7 Å². The fourth-order valence-corrected chi connectivity index (χ4v) is 4.79. The first-order chi connectivity index (χ1) is 19.4. The van der Waals surface area contributed by atoms with E-state index in [9.17, 15) is 8.78 Å². The van der Waals surface area contributed by atoms with Crippen molar-refractivity contribution >= 4 is 35.6 Å². The number of nitrogens with two attached hydrogens (primary N) is 1. The first-order valence-electron chi connectivity index (χ1n) is 13.2. The van der Waals surface area contributed by atoms with Crippen molar-refractivity contribution in [1.29, 1.82) is 0 Å². The van der Waals surface area contributed by atoms with Crippen LogP contribution in [0.3, 0.4) is 0 Å². The van der Waals surface area contributed by atoms with E-state index in [2.05, 4.69) is 28.2 Å². The Morgan fingerprint density at radius 3 is 2.34 bits per heavy atom. The van der Waals surface area contributed by atoms with Crippen molar-refractivity contribution in [3.8, 4) is 5.75 Å². The molecule has 4 rings (SSSR count). The number of anilines is 1. The van der Waals surface area contributed by atoms with Gasteiger partial charge in [-0.05, 0) is 73.2 Å². The molecule has 0 radical (unpaired) electrons. The van der Waals surface area contributed by atoms with Crippen molar-refractivity contribution < 1.29 is 37.7 Å². The minimum Gasteiger partial charge on any atom is -0.491 e. The van der Waals surface area contributed by atoms with Gasteiger partial charge in [0.2, 0.25) is 0 Å². The second-order valence-electron chi connectivity index (χ2n) is 9.90. The predicted octanol–water partition coefficient (Wildman–Crippen LogP) is 4.90. The number of nitrogen functional groups attached to an aromatic ring is 1. The quantitative estimate of drug-likeness (QED) is 0.0917. The minimum absolute atomic E-state index is 0.0461. The fourth-order valence-electron chi connectivity index (χ4n) is 4.40. The van der Waals surface area contributed by atoms with E-state index in [1.165, 1.54) is 5.56 Å². The Morgan fingerprint density at radius 1 is 0.878 bits per heavy atom. The number of alkyl halides is 2. The van der Waals surface area contributed by atoms with Crippen molar-refractivity contribution in [1.82, 2.24) is 9.97 Å². The average Bonchev–Trinajstić information content (AvgIpc) is 2.90. The van der Waals surface area contributed by atoms with Crippen LogP contribution in [0.5, 0.6) is 5.75 Å². The molecule has 2 aromatic heterocycles. The smallest absolute Gasteiger partial charge is 0.479 e. The molecule has 0 unspecified atom stereocenters. The molecule has 0 aliphatic carbocycles. The lowest BCUT2D eigenvalue weighted by molar-refractivity contribution is -0.00937. The summed E-state index contributed by atoms with van der Waals surface area (Å²) in [6.45, 7) is 4.41.